The molecule has 17 heavy (non-hydrogen) atoms. The normalized spacial score (nSPS) is 14.5. The first-order valence-corrected chi connectivity index (χ1v) is 6.56. The number of amides is 1. The number of likely N-dealkylation sites (N-methyl/N-ethyl adjacent to an activating group) is 1. The summed E-state index contributed by atoms with van der Waals surface area (Å²) in [6.45, 7) is 6.36. The molecule has 6 heteroatoms. The molecule has 5 nitrogen and oxygen atoms in total. The van der Waals surface area contributed by atoms with Crippen LogP contribution in [0.25, 0.3) is 0 Å². The Bertz CT molecular complexity index is 381. The second-order valence-corrected chi connectivity index (χ2v) is 5.13. The maximum absolute atomic E-state index is 11.4. The summed E-state index contributed by atoms with van der Waals surface area (Å²) in [5.41, 5.74) is 5.59. The van der Waals surface area contributed by atoms with Gasteiger partial charge in [-0.25, -0.2) is 4.98 Å². The number of nitrogens with one attached hydrogen (secondary N) is 1. The SMILES string of the molecule is CCNC(C)(CCSc1nc(C)co1)C(N)=O. The molecule has 0 aromatic carbocycles. The van der Waals surface area contributed by atoms with Crippen LogP contribution in [0.15, 0.2) is 15.9 Å². The van der Waals surface area contributed by atoms with Gasteiger partial charge in [-0.15, -0.1) is 0 Å². The Balaban J connectivity index is 2.45. The van der Waals surface area contributed by atoms with Crippen LogP contribution in [0, 0.1) is 6.92 Å². The molecule has 1 heterocycles. The maximum Gasteiger partial charge on any atom is 0.255 e. The molecule has 0 aliphatic rings. The standard InChI is InChI=1S/C11H19N3O2S/c1-4-13-11(3,9(12)15)5-6-17-10-14-8(2)7-16-10/h7,13H,4-6H2,1-3H3,(H2,12,15). The molecule has 1 aromatic heterocycles. The summed E-state index contributed by atoms with van der Waals surface area (Å²) in [5, 5.41) is 3.74. The van der Waals surface area contributed by atoms with Gasteiger partial charge in [0, 0.05) is 5.75 Å². The van der Waals surface area contributed by atoms with Crippen molar-refractivity contribution >= 4 is 17.7 Å². The zero-order chi connectivity index (χ0) is 12.9. The summed E-state index contributed by atoms with van der Waals surface area (Å²) < 4.78 is 5.21. The van der Waals surface area contributed by atoms with Crippen molar-refractivity contribution in [2.75, 3.05) is 12.3 Å². The van der Waals surface area contributed by atoms with Crippen LogP contribution < -0.4 is 11.1 Å². The number of carbonyl (C=O) groups is 1. The molecule has 1 atom stereocenters. The molecule has 0 aliphatic heterocycles. The van der Waals surface area contributed by atoms with Gasteiger partial charge in [0.1, 0.15) is 6.26 Å². The third-order valence-electron chi connectivity index (χ3n) is 2.54. The molecule has 0 saturated carbocycles. The highest BCUT2D eigenvalue weighted by Crippen LogP contribution is 2.21. The molecule has 0 aliphatic carbocycles. The molecule has 1 unspecified atom stereocenters. The number of rotatable bonds is 7. The van der Waals surface area contributed by atoms with Crippen LogP contribution in [-0.4, -0.2) is 28.7 Å². The minimum atomic E-state index is -0.663. The lowest BCUT2D eigenvalue weighted by Gasteiger charge is -2.26. The van der Waals surface area contributed by atoms with Crippen LogP contribution in [0.2, 0.25) is 0 Å². The van der Waals surface area contributed by atoms with E-state index in [0.717, 1.165) is 11.4 Å². The van der Waals surface area contributed by atoms with E-state index in [9.17, 15) is 4.79 Å². The first-order chi connectivity index (χ1) is 7.98. The number of aryl methyl sites for hydroxylation is 1. The highest BCUT2D eigenvalue weighted by atomic mass is 32.2. The Hall–Kier alpha value is -1.01. The van der Waals surface area contributed by atoms with Gasteiger partial charge in [0.2, 0.25) is 5.91 Å². The van der Waals surface area contributed by atoms with E-state index in [2.05, 4.69) is 10.3 Å². The zero-order valence-corrected chi connectivity index (χ0v) is 11.3. The lowest BCUT2D eigenvalue weighted by Crippen LogP contribution is -2.53. The molecule has 0 saturated heterocycles. The highest BCUT2D eigenvalue weighted by molar-refractivity contribution is 7.99. The monoisotopic (exact) mass is 257 g/mol. The number of hydrogen-bond acceptors (Lipinski definition) is 5. The lowest BCUT2D eigenvalue weighted by molar-refractivity contribution is -0.123. The second-order valence-electron chi connectivity index (χ2n) is 4.08. The largest absolute Gasteiger partial charge is 0.440 e. The first kappa shape index (κ1) is 14.1. The smallest absolute Gasteiger partial charge is 0.255 e. The summed E-state index contributed by atoms with van der Waals surface area (Å²) in [6.07, 6.45) is 2.25. The van der Waals surface area contributed by atoms with Crippen molar-refractivity contribution in [2.45, 2.75) is 38.0 Å². The number of primary amides is 1. The fraction of sp³-hybridized carbons (Fsp3) is 0.636. The minimum Gasteiger partial charge on any atom is -0.440 e. The number of nitrogens with two attached hydrogens (primary N) is 1. The lowest BCUT2D eigenvalue weighted by atomic mass is 9.98. The average Bonchev–Trinajstić information content (AvgIpc) is 2.64. The number of aromatic nitrogens is 1. The molecular weight excluding hydrogens is 238 g/mol. The van der Waals surface area contributed by atoms with Crippen LogP contribution in [0.3, 0.4) is 0 Å². The van der Waals surface area contributed by atoms with Gasteiger partial charge < -0.3 is 15.5 Å². The summed E-state index contributed by atoms with van der Waals surface area (Å²) in [7, 11) is 0. The predicted molar refractivity (Wildman–Crippen MR) is 67.9 cm³/mol. The second kappa shape index (κ2) is 6.07. The van der Waals surface area contributed by atoms with Crippen LogP contribution in [0.5, 0.6) is 0 Å². The van der Waals surface area contributed by atoms with Crippen molar-refractivity contribution in [2.24, 2.45) is 5.73 Å². The Kier molecular flexibility index (Phi) is 5.02. The molecule has 0 bridgehead atoms. The van der Waals surface area contributed by atoms with Crippen LogP contribution in [0.4, 0.5) is 0 Å². The summed E-state index contributed by atoms with van der Waals surface area (Å²) in [6, 6.07) is 0. The van der Waals surface area contributed by atoms with Crippen molar-refractivity contribution in [3.63, 3.8) is 0 Å². The molecule has 1 rings (SSSR count). The minimum absolute atomic E-state index is 0.330. The quantitative estimate of drug-likeness (QED) is 0.720. The maximum atomic E-state index is 11.4. The van der Waals surface area contributed by atoms with Gasteiger partial charge in [-0.1, -0.05) is 18.7 Å². The van der Waals surface area contributed by atoms with Gasteiger partial charge in [-0.05, 0) is 26.8 Å². The fourth-order valence-corrected chi connectivity index (χ4v) is 2.44. The topological polar surface area (TPSA) is 81.2 Å². The molecule has 1 amide bonds. The van der Waals surface area contributed by atoms with Gasteiger partial charge in [0.05, 0.1) is 11.2 Å². The van der Waals surface area contributed by atoms with Crippen molar-refractivity contribution in [3.8, 4) is 0 Å². The predicted octanol–water partition coefficient (Wildman–Crippen LogP) is 1.32. The molecule has 0 spiro atoms. The third-order valence-corrected chi connectivity index (χ3v) is 3.38. The number of carbonyl (C=O) groups excluding carboxylic acids is 1. The van der Waals surface area contributed by atoms with E-state index < -0.39 is 5.54 Å². The number of hydrogen-bond donors (Lipinski definition) is 2. The fourth-order valence-electron chi connectivity index (χ4n) is 1.43. The van der Waals surface area contributed by atoms with Gasteiger partial charge >= 0.3 is 0 Å². The van der Waals surface area contributed by atoms with E-state index in [1.807, 2.05) is 20.8 Å². The van der Waals surface area contributed by atoms with Crippen LogP contribution >= 0.6 is 11.8 Å². The molecule has 96 valence electrons. The van der Waals surface area contributed by atoms with Gasteiger partial charge in [0.15, 0.2) is 0 Å². The molecule has 0 radical (unpaired) electrons. The number of oxazole rings is 1. The van der Waals surface area contributed by atoms with Gasteiger partial charge in [-0.2, -0.15) is 0 Å². The van der Waals surface area contributed by atoms with Crippen molar-refractivity contribution in [3.05, 3.63) is 12.0 Å². The van der Waals surface area contributed by atoms with E-state index in [1.165, 1.54) is 11.8 Å². The van der Waals surface area contributed by atoms with E-state index in [1.54, 1.807) is 6.26 Å². The zero-order valence-electron chi connectivity index (χ0n) is 10.4. The average molecular weight is 257 g/mol. The Morgan fingerprint density at radius 1 is 1.71 bits per heavy atom. The summed E-state index contributed by atoms with van der Waals surface area (Å²) in [4.78, 5) is 15.5. The van der Waals surface area contributed by atoms with E-state index in [-0.39, 0.29) is 5.91 Å². The van der Waals surface area contributed by atoms with Crippen LogP contribution in [-0.2, 0) is 4.79 Å². The molecule has 1 aromatic rings. The Labute approximate surface area is 106 Å². The highest BCUT2D eigenvalue weighted by Gasteiger charge is 2.29. The first-order valence-electron chi connectivity index (χ1n) is 5.58. The summed E-state index contributed by atoms with van der Waals surface area (Å²) >= 11 is 1.49. The number of nitrogens with zero attached hydrogens (tertiary/aromatic N) is 1. The van der Waals surface area contributed by atoms with Crippen molar-refractivity contribution < 1.29 is 9.21 Å². The van der Waals surface area contributed by atoms with E-state index in [4.69, 9.17) is 10.2 Å². The van der Waals surface area contributed by atoms with E-state index >= 15 is 0 Å². The van der Waals surface area contributed by atoms with E-state index in [0.29, 0.717) is 18.2 Å². The summed E-state index contributed by atoms with van der Waals surface area (Å²) in [5.74, 6) is 0.399. The van der Waals surface area contributed by atoms with Crippen LogP contribution in [0.1, 0.15) is 26.0 Å². The third kappa shape index (κ3) is 4.05. The molecule has 0 fully saturated rings. The molecular formula is C11H19N3O2S. The Morgan fingerprint density at radius 3 is 2.88 bits per heavy atom. The van der Waals surface area contributed by atoms with Gasteiger partial charge in [-0.3, -0.25) is 4.79 Å². The number of thioether (sulfide) groups is 1. The Morgan fingerprint density at radius 2 is 2.41 bits per heavy atom. The van der Waals surface area contributed by atoms with Gasteiger partial charge in [0.25, 0.3) is 5.22 Å². The van der Waals surface area contributed by atoms with Crippen molar-refractivity contribution in [1.82, 2.24) is 10.3 Å². The molecule has 3 N–H and O–H groups in total. The van der Waals surface area contributed by atoms with Crippen molar-refractivity contribution in [1.29, 1.82) is 0 Å².